The van der Waals surface area contributed by atoms with Crippen LogP contribution in [0.15, 0.2) is 41.5 Å². The minimum absolute atomic E-state index is 0.188. The van der Waals surface area contributed by atoms with Gasteiger partial charge < -0.3 is 15.5 Å². The van der Waals surface area contributed by atoms with E-state index in [0.29, 0.717) is 18.7 Å². The number of pyridine rings is 1. The van der Waals surface area contributed by atoms with Gasteiger partial charge in [0.15, 0.2) is 5.96 Å². The molecule has 2 N–H and O–H groups in total. The van der Waals surface area contributed by atoms with E-state index in [9.17, 15) is 4.39 Å². The summed E-state index contributed by atoms with van der Waals surface area (Å²) in [6, 6.07) is 9.10. The highest BCUT2D eigenvalue weighted by Gasteiger charge is 2.03. The Hall–Kier alpha value is -2.63. The molecule has 2 aromatic rings. The molecular weight excluding hydrogens is 317 g/mol. The Kier molecular flexibility index (Phi) is 6.74. The van der Waals surface area contributed by atoms with Crippen molar-refractivity contribution in [2.75, 3.05) is 25.5 Å². The smallest absolute Gasteiger partial charge is 0.191 e. The standard InChI is InChI=1S/C19H26FN5/c1-5-21-19(23-12-15-6-7-17(20)14(2)10-15)24-13-16-8-9-22-18(11-16)25(3)4/h6-11H,5,12-13H2,1-4H3,(H2,21,23,24). The molecule has 6 heteroatoms. The summed E-state index contributed by atoms with van der Waals surface area (Å²) >= 11 is 0. The highest BCUT2D eigenvalue weighted by atomic mass is 19.1. The van der Waals surface area contributed by atoms with Gasteiger partial charge in [-0.2, -0.15) is 0 Å². The largest absolute Gasteiger partial charge is 0.363 e. The molecular formula is C19H26FN5. The van der Waals surface area contributed by atoms with Crippen LogP contribution in [0.25, 0.3) is 0 Å². The van der Waals surface area contributed by atoms with Gasteiger partial charge in [0.05, 0.1) is 6.54 Å². The van der Waals surface area contributed by atoms with Crippen LogP contribution in [0.5, 0.6) is 0 Å². The van der Waals surface area contributed by atoms with Gasteiger partial charge in [-0.1, -0.05) is 12.1 Å². The van der Waals surface area contributed by atoms with Gasteiger partial charge in [-0.15, -0.1) is 0 Å². The lowest BCUT2D eigenvalue weighted by atomic mass is 10.1. The average molecular weight is 343 g/mol. The van der Waals surface area contributed by atoms with Crippen LogP contribution in [0.2, 0.25) is 0 Å². The number of benzene rings is 1. The molecule has 0 saturated carbocycles. The SMILES string of the molecule is CCNC(=NCc1ccc(F)c(C)c1)NCc1ccnc(N(C)C)c1. The van der Waals surface area contributed by atoms with Gasteiger partial charge >= 0.3 is 0 Å². The highest BCUT2D eigenvalue weighted by Crippen LogP contribution is 2.11. The van der Waals surface area contributed by atoms with Crippen LogP contribution in [0.1, 0.15) is 23.6 Å². The molecule has 25 heavy (non-hydrogen) atoms. The van der Waals surface area contributed by atoms with Gasteiger partial charge in [0.2, 0.25) is 0 Å². The summed E-state index contributed by atoms with van der Waals surface area (Å²) in [4.78, 5) is 10.9. The maximum absolute atomic E-state index is 13.3. The Morgan fingerprint density at radius 2 is 1.96 bits per heavy atom. The van der Waals surface area contributed by atoms with Crippen molar-refractivity contribution >= 4 is 11.8 Å². The molecule has 1 aromatic carbocycles. The summed E-state index contributed by atoms with van der Waals surface area (Å²) in [5, 5.41) is 6.54. The summed E-state index contributed by atoms with van der Waals surface area (Å²) in [6.45, 7) is 5.70. The number of aryl methyl sites for hydroxylation is 1. The lowest BCUT2D eigenvalue weighted by Gasteiger charge is -2.14. The van der Waals surface area contributed by atoms with Gasteiger partial charge in [-0.25, -0.2) is 14.4 Å². The van der Waals surface area contributed by atoms with Crippen molar-refractivity contribution in [2.45, 2.75) is 26.9 Å². The predicted octanol–water partition coefficient (Wildman–Crippen LogP) is 2.85. The number of hydrogen-bond donors (Lipinski definition) is 2. The normalized spacial score (nSPS) is 11.3. The van der Waals surface area contributed by atoms with E-state index < -0.39 is 0 Å². The molecule has 2 rings (SSSR count). The minimum atomic E-state index is -0.188. The molecule has 0 aliphatic carbocycles. The molecule has 0 saturated heterocycles. The molecule has 134 valence electrons. The first-order valence-electron chi connectivity index (χ1n) is 8.39. The molecule has 0 spiro atoms. The molecule has 0 amide bonds. The molecule has 0 bridgehead atoms. The molecule has 0 unspecified atom stereocenters. The minimum Gasteiger partial charge on any atom is -0.363 e. The monoisotopic (exact) mass is 343 g/mol. The molecule has 5 nitrogen and oxygen atoms in total. The quantitative estimate of drug-likeness (QED) is 0.626. The maximum Gasteiger partial charge on any atom is 0.191 e. The van der Waals surface area contributed by atoms with Crippen molar-refractivity contribution in [3.05, 3.63) is 59.0 Å². The summed E-state index contributed by atoms with van der Waals surface area (Å²) in [6.07, 6.45) is 1.80. The number of nitrogens with zero attached hydrogens (tertiary/aromatic N) is 3. The molecule has 0 radical (unpaired) electrons. The fraction of sp³-hybridized carbons (Fsp3) is 0.368. The number of hydrogen-bond acceptors (Lipinski definition) is 3. The van der Waals surface area contributed by atoms with E-state index in [1.54, 1.807) is 19.2 Å². The second-order valence-corrected chi connectivity index (χ2v) is 6.05. The third-order valence-corrected chi connectivity index (χ3v) is 3.71. The zero-order chi connectivity index (χ0) is 18.2. The van der Waals surface area contributed by atoms with Crippen LogP contribution < -0.4 is 15.5 Å². The van der Waals surface area contributed by atoms with Gasteiger partial charge in [0.1, 0.15) is 11.6 Å². The van der Waals surface area contributed by atoms with Crippen molar-refractivity contribution in [3.8, 4) is 0 Å². The van der Waals surface area contributed by atoms with Gasteiger partial charge in [-0.3, -0.25) is 0 Å². The van der Waals surface area contributed by atoms with Crippen molar-refractivity contribution in [1.29, 1.82) is 0 Å². The predicted molar refractivity (Wildman–Crippen MR) is 101 cm³/mol. The summed E-state index contributed by atoms with van der Waals surface area (Å²) in [7, 11) is 3.94. The number of guanidine groups is 1. The van der Waals surface area contributed by atoms with E-state index in [0.717, 1.165) is 29.4 Å². The van der Waals surface area contributed by atoms with E-state index in [1.807, 2.05) is 44.1 Å². The number of aromatic nitrogens is 1. The van der Waals surface area contributed by atoms with Crippen LogP contribution in [0.4, 0.5) is 10.2 Å². The molecule has 0 atom stereocenters. The van der Waals surface area contributed by atoms with E-state index in [2.05, 4.69) is 20.6 Å². The van der Waals surface area contributed by atoms with E-state index in [-0.39, 0.29) is 5.82 Å². The fourth-order valence-corrected chi connectivity index (χ4v) is 2.32. The van der Waals surface area contributed by atoms with E-state index >= 15 is 0 Å². The summed E-state index contributed by atoms with van der Waals surface area (Å²) < 4.78 is 13.3. The van der Waals surface area contributed by atoms with Crippen molar-refractivity contribution in [1.82, 2.24) is 15.6 Å². The molecule has 0 fully saturated rings. The zero-order valence-electron chi connectivity index (χ0n) is 15.3. The second-order valence-electron chi connectivity index (χ2n) is 6.05. The molecule has 0 aliphatic heterocycles. The van der Waals surface area contributed by atoms with Crippen molar-refractivity contribution in [2.24, 2.45) is 4.99 Å². The topological polar surface area (TPSA) is 52.6 Å². The lowest BCUT2D eigenvalue weighted by molar-refractivity contribution is 0.617. The van der Waals surface area contributed by atoms with Crippen molar-refractivity contribution < 1.29 is 4.39 Å². The second kappa shape index (κ2) is 9.01. The van der Waals surface area contributed by atoms with Crippen LogP contribution in [-0.2, 0) is 13.1 Å². The first kappa shape index (κ1) is 18.7. The third-order valence-electron chi connectivity index (χ3n) is 3.71. The Labute approximate surface area is 149 Å². The van der Waals surface area contributed by atoms with E-state index in [1.165, 1.54) is 6.07 Å². The van der Waals surface area contributed by atoms with Gasteiger partial charge in [0, 0.05) is 33.4 Å². The van der Waals surface area contributed by atoms with Gasteiger partial charge in [0.25, 0.3) is 0 Å². The average Bonchev–Trinajstić information content (AvgIpc) is 2.60. The summed E-state index contributed by atoms with van der Waals surface area (Å²) in [5.41, 5.74) is 2.75. The number of halogens is 1. The fourth-order valence-electron chi connectivity index (χ4n) is 2.32. The Morgan fingerprint density at radius 3 is 2.64 bits per heavy atom. The van der Waals surface area contributed by atoms with Crippen LogP contribution in [-0.4, -0.2) is 31.6 Å². The van der Waals surface area contributed by atoms with Crippen LogP contribution >= 0.6 is 0 Å². The van der Waals surface area contributed by atoms with Crippen molar-refractivity contribution in [3.63, 3.8) is 0 Å². The molecule has 0 aliphatic rings. The molecule has 1 aromatic heterocycles. The maximum atomic E-state index is 13.3. The van der Waals surface area contributed by atoms with Crippen LogP contribution in [0, 0.1) is 12.7 Å². The number of rotatable bonds is 6. The molecule has 1 heterocycles. The third kappa shape index (κ3) is 5.74. The van der Waals surface area contributed by atoms with Crippen LogP contribution in [0.3, 0.4) is 0 Å². The number of anilines is 1. The Balaban J connectivity index is 2.02. The Morgan fingerprint density at radius 1 is 1.16 bits per heavy atom. The first-order valence-corrected chi connectivity index (χ1v) is 8.39. The Bertz CT molecular complexity index is 728. The number of nitrogens with one attached hydrogen (secondary N) is 2. The lowest BCUT2D eigenvalue weighted by Crippen LogP contribution is -2.36. The zero-order valence-corrected chi connectivity index (χ0v) is 15.3. The number of aliphatic imine (C=N–C) groups is 1. The van der Waals surface area contributed by atoms with Gasteiger partial charge in [-0.05, 0) is 48.7 Å². The van der Waals surface area contributed by atoms with E-state index in [4.69, 9.17) is 0 Å². The summed E-state index contributed by atoms with van der Waals surface area (Å²) in [5.74, 6) is 1.46. The first-order chi connectivity index (χ1) is 12.0. The highest BCUT2D eigenvalue weighted by molar-refractivity contribution is 5.79.